The van der Waals surface area contributed by atoms with Gasteiger partial charge in [-0.15, -0.1) is 0 Å². The number of aryl methyl sites for hydroxylation is 1. The van der Waals surface area contributed by atoms with E-state index in [9.17, 15) is 27.9 Å². The van der Waals surface area contributed by atoms with E-state index >= 15 is 0 Å². The van der Waals surface area contributed by atoms with Crippen LogP contribution in [0.1, 0.15) is 58.6 Å². The molecule has 0 radical (unpaired) electrons. The lowest BCUT2D eigenvalue weighted by atomic mass is 9.69. The Morgan fingerprint density at radius 1 is 1.23 bits per heavy atom. The molecule has 1 aromatic heterocycles. The zero-order valence-electron chi connectivity index (χ0n) is 19.4. The lowest BCUT2D eigenvalue weighted by Gasteiger charge is -2.44. The number of amides is 2. The van der Waals surface area contributed by atoms with Crippen LogP contribution in [0.3, 0.4) is 0 Å². The summed E-state index contributed by atoms with van der Waals surface area (Å²) in [5.74, 6) is -0.990. The van der Waals surface area contributed by atoms with Crippen molar-refractivity contribution in [1.82, 2.24) is 20.3 Å². The summed E-state index contributed by atoms with van der Waals surface area (Å²) in [5, 5.41) is 20.0. The summed E-state index contributed by atoms with van der Waals surface area (Å²) in [7, 11) is 0. The molecule has 0 bridgehead atoms. The van der Waals surface area contributed by atoms with E-state index < -0.39 is 34.7 Å². The molecular formula is C24H29F3N4O3S. The summed E-state index contributed by atoms with van der Waals surface area (Å²) >= 11 is 1.32. The number of nitrogens with zero attached hydrogens (tertiary/aromatic N) is 1. The molecule has 1 saturated heterocycles. The first-order valence-electron chi connectivity index (χ1n) is 11.6. The predicted octanol–water partition coefficient (Wildman–Crippen LogP) is 3.13. The van der Waals surface area contributed by atoms with Crippen LogP contribution in [0.2, 0.25) is 0 Å². The van der Waals surface area contributed by atoms with E-state index in [1.807, 2.05) is 13.0 Å². The highest BCUT2D eigenvalue weighted by atomic mass is 32.1. The standard InChI is InChI=1S/C24H29F3N4O3S/c1-15-11-19(35-31-15)23(34)7-5-17(6-8-23)22(9-10-28-14-22)30-20(32)13-29-21(33)16-3-2-4-18(12-16)24(25,26)27/h2-4,11-12,17,28,34H,5-10,13-14H2,1H3,(H,29,33)(H,30,32)/t17?,22-,23?/m0/s1. The summed E-state index contributed by atoms with van der Waals surface area (Å²) in [4.78, 5) is 26.0. The van der Waals surface area contributed by atoms with Crippen LogP contribution in [0.4, 0.5) is 13.2 Å². The number of nitrogens with one attached hydrogen (secondary N) is 3. The van der Waals surface area contributed by atoms with Gasteiger partial charge in [0, 0.05) is 12.1 Å². The van der Waals surface area contributed by atoms with Gasteiger partial charge in [0.25, 0.3) is 5.91 Å². The SMILES string of the molecule is Cc1cc(C2(O)CCC([C@]3(NC(=O)CNC(=O)c4cccc(C(F)(F)F)c4)CCNC3)CC2)sn1. The zero-order chi connectivity index (χ0) is 25.3. The topological polar surface area (TPSA) is 103 Å². The van der Waals surface area contributed by atoms with E-state index in [1.54, 1.807) is 0 Å². The average molecular weight is 511 g/mol. The van der Waals surface area contributed by atoms with Gasteiger partial charge in [-0.05, 0) is 87.3 Å². The highest BCUT2D eigenvalue weighted by Crippen LogP contribution is 2.45. The fraction of sp³-hybridized carbons (Fsp3) is 0.542. The monoisotopic (exact) mass is 510 g/mol. The summed E-state index contributed by atoms with van der Waals surface area (Å²) in [6.07, 6.45) is -1.23. The fourth-order valence-corrected chi connectivity index (χ4v) is 6.06. The van der Waals surface area contributed by atoms with Crippen molar-refractivity contribution in [2.45, 2.75) is 56.3 Å². The van der Waals surface area contributed by atoms with Crippen LogP contribution >= 0.6 is 11.5 Å². The lowest BCUT2D eigenvalue weighted by Crippen LogP contribution is -2.58. The molecule has 190 valence electrons. The van der Waals surface area contributed by atoms with Gasteiger partial charge in [-0.3, -0.25) is 9.59 Å². The number of carbonyl (C=O) groups excluding carboxylic acids is 2. The number of aliphatic hydroxyl groups is 1. The van der Waals surface area contributed by atoms with E-state index in [0.717, 1.165) is 54.6 Å². The van der Waals surface area contributed by atoms with Crippen molar-refractivity contribution in [3.63, 3.8) is 0 Å². The number of hydrogen-bond acceptors (Lipinski definition) is 6. The molecule has 2 aromatic rings. The van der Waals surface area contributed by atoms with Crippen molar-refractivity contribution in [2.24, 2.45) is 5.92 Å². The smallest absolute Gasteiger partial charge is 0.384 e. The van der Waals surface area contributed by atoms with E-state index in [4.69, 9.17) is 0 Å². The Kier molecular flexibility index (Phi) is 7.21. The lowest BCUT2D eigenvalue weighted by molar-refractivity contribution is -0.137. The number of hydrogen-bond donors (Lipinski definition) is 4. The van der Waals surface area contributed by atoms with Crippen LogP contribution in [0.15, 0.2) is 30.3 Å². The van der Waals surface area contributed by atoms with Crippen molar-refractivity contribution in [2.75, 3.05) is 19.6 Å². The zero-order valence-corrected chi connectivity index (χ0v) is 20.2. The summed E-state index contributed by atoms with van der Waals surface area (Å²) in [6, 6.07) is 6.02. The normalized spacial score (nSPS) is 26.9. The second-order valence-corrected chi connectivity index (χ2v) is 10.3. The number of halogens is 3. The Labute approximate surface area is 205 Å². The van der Waals surface area contributed by atoms with E-state index in [1.165, 1.54) is 17.6 Å². The second kappa shape index (κ2) is 9.87. The Morgan fingerprint density at radius 3 is 2.57 bits per heavy atom. The minimum atomic E-state index is -4.56. The molecule has 1 aliphatic carbocycles. The molecule has 4 N–H and O–H groups in total. The minimum Gasteiger partial charge on any atom is -0.384 e. The van der Waals surface area contributed by atoms with Crippen molar-refractivity contribution >= 4 is 23.3 Å². The third-order valence-electron chi connectivity index (χ3n) is 7.12. The molecule has 2 fully saturated rings. The third-order valence-corrected chi connectivity index (χ3v) is 8.19. The van der Waals surface area contributed by atoms with E-state index in [2.05, 4.69) is 20.3 Å². The predicted molar refractivity (Wildman–Crippen MR) is 125 cm³/mol. The maximum Gasteiger partial charge on any atom is 0.416 e. The van der Waals surface area contributed by atoms with Gasteiger partial charge in [-0.1, -0.05) is 6.07 Å². The molecule has 4 rings (SSSR count). The van der Waals surface area contributed by atoms with E-state index in [-0.39, 0.29) is 18.0 Å². The summed E-state index contributed by atoms with van der Waals surface area (Å²) in [6.45, 7) is 2.89. The summed E-state index contributed by atoms with van der Waals surface area (Å²) in [5.41, 5.74) is -1.59. The van der Waals surface area contributed by atoms with Gasteiger partial charge < -0.3 is 21.1 Å². The maximum atomic E-state index is 12.9. The molecule has 2 heterocycles. The molecule has 1 saturated carbocycles. The van der Waals surface area contributed by atoms with Crippen molar-refractivity contribution in [3.8, 4) is 0 Å². The Balaban J connectivity index is 1.35. The van der Waals surface area contributed by atoms with Crippen LogP contribution in [0.5, 0.6) is 0 Å². The highest BCUT2D eigenvalue weighted by molar-refractivity contribution is 7.06. The van der Waals surface area contributed by atoms with Crippen LogP contribution in [-0.2, 0) is 16.6 Å². The van der Waals surface area contributed by atoms with Gasteiger partial charge in [0.05, 0.1) is 28.2 Å². The molecule has 2 aliphatic rings. The largest absolute Gasteiger partial charge is 0.416 e. The Bertz CT molecular complexity index is 1070. The number of benzene rings is 1. The first kappa shape index (κ1) is 25.6. The van der Waals surface area contributed by atoms with E-state index in [0.29, 0.717) is 19.4 Å². The molecule has 2 amide bonds. The van der Waals surface area contributed by atoms with Gasteiger partial charge in [0.2, 0.25) is 5.91 Å². The van der Waals surface area contributed by atoms with Gasteiger partial charge in [0.1, 0.15) is 5.60 Å². The van der Waals surface area contributed by atoms with Crippen molar-refractivity contribution in [1.29, 1.82) is 0 Å². The summed E-state index contributed by atoms with van der Waals surface area (Å²) < 4.78 is 43.0. The minimum absolute atomic E-state index is 0.148. The van der Waals surface area contributed by atoms with Crippen LogP contribution in [-0.4, -0.2) is 46.5 Å². The fourth-order valence-electron chi connectivity index (χ4n) is 5.17. The Morgan fingerprint density at radius 2 is 1.97 bits per heavy atom. The molecule has 1 aliphatic heterocycles. The molecule has 0 spiro atoms. The number of carbonyl (C=O) groups is 2. The maximum absolute atomic E-state index is 12.9. The Hall–Kier alpha value is -2.50. The van der Waals surface area contributed by atoms with Crippen molar-refractivity contribution in [3.05, 3.63) is 52.0 Å². The second-order valence-electron chi connectivity index (χ2n) is 9.53. The molecule has 35 heavy (non-hydrogen) atoms. The molecule has 7 nitrogen and oxygen atoms in total. The molecule has 1 aromatic carbocycles. The number of rotatable bonds is 6. The first-order chi connectivity index (χ1) is 16.5. The van der Waals surface area contributed by atoms with Gasteiger partial charge in [0.15, 0.2) is 0 Å². The third kappa shape index (κ3) is 5.68. The van der Waals surface area contributed by atoms with Crippen LogP contribution in [0.25, 0.3) is 0 Å². The number of alkyl halides is 3. The highest BCUT2D eigenvalue weighted by Gasteiger charge is 2.47. The first-order valence-corrected chi connectivity index (χ1v) is 12.4. The van der Waals surface area contributed by atoms with Crippen molar-refractivity contribution < 1.29 is 27.9 Å². The molecule has 0 unspecified atom stereocenters. The average Bonchev–Trinajstić information content (AvgIpc) is 3.47. The van der Waals surface area contributed by atoms with Gasteiger partial charge in [-0.2, -0.15) is 17.5 Å². The molecule has 11 heteroatoms. The van der Waals surface area contributed by atoms with Gasteiger partial charge >= 0.3 is 6.18 Å². The number of aromatic nitrogens is 1. The quantitative estimate of drug-likeness (QED) is 0.478. The van der Waals surface area contributed by atoms with Crippen LogP contribution in [0, 0.1) is 12.8 Å². The molecule has 1 atom stereocenters. The molecular weight excluding hydrogens is 481 g/mol. The van der Waals surface area contributed by atoms with Gasteiger partial charge in [-0.25, -0.2) is 0 Å². The van der Waals surface area contributed by atoms with Crippen LogP contribution < -0.4 is 16.0 Å².